The monoisotopic (exact) mass is 661 g/mol. The summed E-state index contributed by atoms with van der Waals surface area (Å²) < 4.78 is 34.3. The third kappa shape index (κ3) is 7.30. The molecule has 1 aliphatic heterocycles. The summed E-state index contributed by atoms with van der Waals surface area (Å²) in [6.07, 6.45) is 4.11. The molecule has 0 spiro atoms. The van der Waals surface area contributed by atoms with Crippen LogP contribution in [0.1, 0.15) is 44.6 Å². The fourth-order valence-corrected chi connectivity index (χ4v) is 4.95. The zero-order valence-corrected chi connectivity index (χ0v) is 23.1. The summed E-state index contributed by atoms with van der Waals surface area (Å²) in [5.41, 5.74) is 6.64. The SMILES string of the molecule is CCOCCC(C)(N)Oc1ccc(C2CC=[N+](S(=N)(=O)c3cc[c-]cc3)CC2)cc1.[Th]. The van der Waals surface area contributed by atoms with E-state index in [1.165, 1.54) is 5.56 Å². The fraction of sp³-hybridized carbons (Fsp3) is 0.435. The van der Waals surface area contributed by atoms with Crippen molar-refractivity contribution < 1.29 is 57.6 Å². The zero-order valence-electron chi connectivity index (χ0n) is 18.2. The van der Waals surface area contributed by atoms with E-state index in [4.69, 9.17) is 20.0 Å². The van der Waals surface area contributed by atoms with E-state index in [9.17, 15) is 4.21 Å². The van der Waals surface area contributed by atoms with Gasteiger partial charge in [-0.1, -0.05) is 12.1 Å². The maximum absolute atomic E-state index is 13.0. The number of nitrogens with one attached hydrogen (secondary N) is 1. The maximum Gasteiger partial charge on any atom is 0.267 e. The molecular formula is C23H31N3O3STh. The second-order valence-corrected chi connectivity index (χ2v) is 9.73. The molecule has 3 rings (SSSR count). The van der Waals surface area contributed by atoms with Crippen LogP contribution in [0.3, 0.4) is 0 Å². The summed E-state index contributed by atoms with van der Waals surface area (Å²) in [6.45, 7) is 5.63. The van der Waals surface area contributed by atoms with Crippen LogP contribution in [0.5, 0.6) is 5.75 Å². The largest absolute Gasteiger partial charge is 0.473 e. The predicted octanol–water partition coefficient (Wildman–Crippen LogP) is 3.95. The van der Waals surface area contributed by atoms with Gasteiger partial charge in [0, 0.05) is 70.7 Å². The van der Waals surface area contributed by atoms with Crippen molar-refractivity contribution in [1.82, 2.24) is 0 Å². The van der Waals surface area contributed by atoms with E-state index in [2.05, 4.69) is 18.2 Å². The summed E-state index contributed by atoms with van der Waals surface area (Å²) in [5.74, 6) is 1.06. The molecule has 0 saturated carbocycles. The molecule has 3 atom stereocenters. The van der Waals surface area contributed by atoms with Crippen LogP contribution < -0.4 is 10.5 Å². The topological polar surface area (TPSA) is 88.4 Å². The molecule has 0 amide bonds. The number of ether oxygens (including phenoxy) is 2. The quantitative estimate of drug-likeness (QED) is 0.185. The smallest absolute Gasteiger partial charge is 0.267 e. The minimum absolute atomic E-state index is 0. The molecule has 1 heterocycles. The van der Waals surface area contributed by atoms with Crippen LogP contribution in [-0.4, -0.2) is 39.9 Å². The molecule has 6 nitrogen and oxygen atoms in total. The molecule has 0 saturated heterocycles. The van der Waals surface area contributed by atoms with E-state index in [1.54, 1.807) is 28.2 Å². The van der Waals surface area contributed by atoms with E-state index >= 15 is 0 Å². The Bertz CT molecular complexity index is 961. The van der Waals surface area contributed by atoms with Gasteiger partial charge in [-0.05, 0) is 37.5 Å². The normalized spacial score (nSPS) is 20.0. The molecular weight excluding hydrogens is 630 g/mol. The summed E-state index contributed by atoms with van der Waals surface area (Å²) in [7, 11) is -2.99. The number of hydrogen-bond donors (Lipinski definition) is 2. The molecule has 0 fully saturated rings. The van der Waals surface area contributed by atoms with Crippen molar-refractivity contribution in [3.63, 3.8) is 0 Å². The average Bonchev–Trinajstić information content (AvgIpc) is 2.75. The van der Waals surface area contributed by atoms with Crippen LogP contribution in [0, 0.1) is 50.8 Å². The van der Waals surface area contributed by atoms with Gasteiger partial charge in [0.25, 0.3) is 9.92 Å². The molecule has 8 heteroatoms. The average molecular weight is 662 g/mol. The first-order valence-electron chi connectivity index (χ1n) is 10.3. The summed E-state index contributed by atoms with van der Waals surface area (Å²) in [4.78, 5) is 0.520. The molecule has 0 aromatic heterocycles. The molecule has 1 aliphatic rings. The van der Waals surface area contributed by atoms with Crippen molar-refractivity contribution in [3.05, 3.63) is 60.2 Å². The number of benzene rings is 2. The molecule has 3 N–H and O–H groups in total. The van der Waals surface area contributed by atoms with Crippen molar-refractivity contribution in [1.29, 1.82) is 4.78 Å². The van der Waals surface area contributed by atoms with Crippen molar-refractivity contribution in [3.8, 4) is 5.75 Å². The van der Waals surface area contributed by atoms with Gasteiger partial charge >= 0.3 is 0 Å². The predicted molar refractivity (Wildman–Crippen MR) is 118 cm³/mol. The standard InChI is InChI=1S/C23H31N3O3S.Th/c1-3-28-18-15-23(2,24)29-21-11-9-19(10-12-21)20-13-16-26(17-14-20)30(25,27)22-7-5-4-6-8-22;/h5-12,16,20,25H,3,13-15,17-18,24H2,1-2H3;. The Labute approximate surface area is 218 Å². The Balaban J connectivity index is 0.00000341. The molecule has 0 aliphatic carbocycles. The van der Waals surface area contributed by atoms with Crippen molar-refractivity contribution >= 4 is 16.1 Å². The van der Waals surface area contributed by atoms with Gasteiger partial charge in [0.2, 0.25) is 0 Å². The summed E-state index contributed by atoms with van der Waals surface area (Å²) >= 11 is 0. The Hall–Kier alpha value is -0.895. The first-order valence-corrected chi connectivity index (χ1v) is 11.8. The van der Waals surface area contributed by atoms with Crippen LogP contribution in [0.2, 0.25) is 0 Å². The Morgan fingerprint density at radius 1 is 1.26 bits per heavy atom. The first-order chi connectivity index (χ1) is 14.3. The van der Waals surface area contributed by atoms with Crippen LogP contribution in [-0.2, 0) is 14.7 Å². The van der Waals surface area contributed by atoms with Crippen molar-refractivity contribution in [2.24, 2.45) is 5.73 Å². The minimum Gasteiger partial charge on any atom is -0.473 e. The van der Waals surface area contributed by atoms with Crippen LogP contribution in [0.25, 0.3) is 0 Å². The number of hydrogen-bond acceptors (Lipinski definition) is 5. The molecule has 3 unspecified atom stereocenters. The number of nitrogens with two attached hydrogens (primary N) is 1. The number of rotatable bonds is 9. The van der Waals surface area contributed by atoms with E-state index in [-0.39, 0.29) is 39.9 Å². The molecule has 0 radical (unpaired) electrons. The van der Waals surface area contributed by atoms with Gasteiger partial charge in [0.15, 0.2) is 18.5 Å². The van der Waals surface area contributed by atoms with Gasteiger partial charge in [-0.25, -0.2) is 0 Å². The molecule has 2 aromatic rings. The third-order valence-electron chi connectivity index (χ3n) is 5.28. The first kappa shape index (κ1) is 26.4. The Kier molecular flexibility index (Phi) is 10.0. The van der Waals surface area contributed by atoms with Gasteiger partial charge in [0.1, 0.15) is 5.75 Å². The summed E-state index contributed by atoms with van der Waals surface area (Å²) in [6, 6.07) is 17.7. The van der Waals surface area contributed by atoms with Crippen LogP contribution in [0.4, 0.5) is 0 Å². The Morgan fingerprint density at radius 3 is 2.52 bits per heavy atom. The number of nitrogens with zero attached hydrogens (tertiary/aromatic N) is 1. The maximum atomic E-state index is 13.0. The zero-order chi connectivity index (χ0) is 21.6. The van der Waals surface area contributed by atoms with E-state index in [0.29, 0.717) is 37.0 Å². The Morgan fingerprint density at radius 2 is 1.94 bits per heavy atom. The van der Waals surface area contributed by atoms with Gasteiger partial charge in [-0.2, -0.15) is 27.2 Å². The molecule has 166 valence electrons. The second-order valence-electron chi connectivity index (χ2n) is 7.74. The van der Waals surface area contributed by atoms with E-state index in [0.717, 1.165) is 18.6 Å². The molecule has 2 aromatic carbocycles. The van der Waals surface area contributed by atoms with Gasteiger partial charge in [-0.15, -0.1) is 16.1 Å². The van der Waals surface area contributed by atoms with E-state index < -0.39 is 15.6 Å². The van der Waals surface area contributed by atoms with E-state index in [1.807, 2.05) is 32.2 Å². The van der Waals surface area contributed by atoms with Crippen LogP contribution >= 0.6 is 0 Å². The fourth-order valence-electron chi connectivity index (χ4n) is 3.51. The van der Waals surface area contributed by atoms with Gasteiger partial charge < -0.3 is 9.47 Å². The summed E-state index contributed by atoms with van der Waals surface area (Å²) in [5, 5.41) is 0. The van der Waals surface area contributed by atoms with Crippen LogP contribution in [0.15, 0.2) is 53.4 Å². The molecule has 0 bridgehead atoms. The van der Waals surface area contributed by atoms with Gasteiger partial charge in [0.05, 0.1) is 6.61 Å². The second kappa shape index (κ2) is 11.8. The van der Waals surface area contributed by atoms with Crippen molar-refractivity contribution in [2.75, 3.05) is 19.8 Å². The third-order valence-corrected chi connectivity index (χ3v) is 7.18. The van der Waals surface area contributed by atoms with Gasteiger partial charge in [-0.3, -0.25) is 5.73 Å². The van der Waals surface area contributed by atoms with Crippen molar-refractivity contribution in [2.45, 2.75) is 49.6 Å². The molecule has 31 heavy (non-hydrogen) atoms. The minimum atomic E-state index is -2.99.